The number of nitrogens with zero attached hydrogens (tertiary/aromatic N) is 4. The van der Waals surface area contributed by atoms with E-state index < -0.39 is 0 Å². The van der Waals surface area contributed by atoms with Crippen molar-refractivity contribution in [1.82, 2.24) is 20.2 Å². The van der Waals surface area contributed by atoms with E-state index in [4.69, 9.17) is 0 Å². The van der Waals surface area contributed by atoms with Crippen molar-refractivity contribution in [2.45, 2.75) is 32.2 Å². The molecule has 3 rings (SSSR count). The van der Waals surface area contributed by atoms with Crippen LogP contribution in [0.2, 0.25) is 0 Å². The van der Waals surface area contributed by atoms with Gasteiger partial charge in [-0.25, -0.2) is 4.98 Å². The second-order valence-electron chi connectivity index (χ2n) is 7.67. The number of amides is 1. The van der Waals surface area contributed by atoms with Crippen LogP contribution >= 0.6 is 0 Å². The van der Waals surface area contributed by atoms with Crippen LogP contribution in [0.25, 0.3) is 0 Å². The maximum Gasteiger partial charge on any atom is 0.224 e. The number of rotatable bonds is 7. The molecule has 1 fully saturated rings. The Hall–Kier alpha value is -2.47. The summed E-state index contributed by atoms with van der Waals surface area (Å²) in [5, 5.41) is 3.19. The summed E-state index contributed by atoms with van der Waals surface area (Å²) in [4.78, 5) is 25.7. The van der Waals surface area contributed by atoms with Crippen molar-refractivity contribution >= 4 is 11.7 Å². The summed E-state index contributed by atoms with van der Waals surface area (Å²) < 4.78 is 0. The first-order chi connectivity index (χ1) is 13.6. The Morgan fingerprint density at radius 1 is 1.29 bits per heavy atom. The number of carbonyl (C=O) groups excluding carboxylic acids is 1. The molecule has 0 aliphatic carbocycles. The molecule has 1 aliphatic heterocycles. The molecule has 6 heteroatoms. The van der Waals surface area contributed by atoms with Crippen molar-refractivity contribution in [3.8, 4) is 0 Å². The number of aryl methyl sites for hydroxylation is 1. The van der Waals surface area contributed by atoms with E-state index >= 15 is 0 Å². The molecule has 0 radical (unpaired) electrons. The fraction of sp³-hybridized carbons (Fsp3) is 0.500. The van der Waals surface area contributed by atoms with E-state index in [0.717, 1.165) is 31.6 Å². The highest BCUT2D eigenvalue weighted by atomic mass is 16.1. The molecule has 2 heterocycles. The predicted octanol–water partition coefficient (Wildman–Crippen LogP) is 2.67. The van der Waals surface area contributed by atoms with Gasteiger partial charge in [0.2, 0.25) is 5.91 Å². The van der Waals surface area contributed by atoms with E-state index in [9.17, 15) is 4.79 Å². The van der Waals surface area contributed by atoms with E-state index in [1.165, 1.54) is 11.1 Å². The van der Waals surface area contributed by atoms with Crippen molar-refractivity contribution in [2.24, 2.45) is 5.92 Å². The van der Waals surface area contributed by atoms with Gasteiger partial charge in [-0.05, 0) is 44.5 Å². The second kappa shape index (κ2) is 9.64. The van der Waals surface area contributed by atoms with Crippen LogP contribution < -0.4 is 10.2 Å². The zero-order chi connectivity index (χ0) is 19.9. The minimum absolute atomic E-state index is 0.0129. The van der Waals surface area contributed by atoms with Gasteiger partial charge in [-0.1, -0.05) is 31.2 Å². The van der Waals surface area contributed by atoms with Crippen LogP contribution in [0.15, 0.2) is 42.9 Å². The standard InChI is InChI=1S/C22H31N5O/c1-4-17-7-9-18(10-8-17)20(26(2)3)14-25-22(28)19-6-5-13-27(16-19)21-15-23-11-12-24-21/h7-12,15,19-20H,4-6,13-14,16H2,1-3H3,(H,25,28)/t19-,20+/m1/s1. The fourth-order valence-electron chi connectivity index (χ4n) is 3.77. The zero-order valence-corrected chi connectivity index (χ0v) is 17.1. The molecule has 0 unspecified atom stereocenters. The lowest BCUT2D eigenvalue weighted by atomic mass is 9.96. The molecule has 0 spiro atoms. The van der Waals surface area contributed by atoms with E-state index in [1.54, 1.807) is 18.6 Å². The average Bonchev–Trinajstić information content (AvgIpc) is 2.74. The number of anilines is 1. The smallest absolute Gasteiger partial charge is 0.224 e. The van der Waals surface area contributed by atoms with Gasteiger partial charge in [0.15, 0.2) is 0 Å². The topological polar surface area (TPSA) is 61.4 Å². The molecule has 1 aliphatic rings. The Labute approximate surface area is 168 Å². The van der Waals surface area contributed by atoms with E-state index in [1.807, 2.05) is 0 Å². The van der Waals surface area contributed by atoms with Crippen LogP contribution in [0.3, 0.4) is 0 Å². The van der Waals surface area contributed by atoms with Gasteiger partial charge in [0.1, 0.15) is 5.82 Å². The Balaban J connectivity index is 1.59. The highest BCUT2D eigenvalue weighted by molar-refractivity contribution is 5.79. The molecule has 1 N–H and O–H groups in total. The SMILES string of the molecule is CCc1ccc([C@H](CNC(=O)[C@@H]2CCCN(c3cnccn3)C2)N(C)C)cc1. The summed E-state index contributed by atoms with van der Waals surface area (Å²) in [6, 6.07) is 8.86. The first kappa shape index (κ1) is 20.3. The Kier molecular flexibility index (Phi) is 6.98. The lowest BCUT2D eigenvalue weighted by Crippen LogP contribution is -2.45. The van der Waals surface area contributed by atoms with Gasteiger partial charge in [-0.2, -0.15) is 0 Å². The minimum atomic E-state index is -0.0129. The van der Waals surface area contributed by atoms with Crippen molar-refractivity contribution < 1.29 is 4.79 Å². The average molecular weight is 382 g/mol. The van der Waals surface area contributed by atoms with Crippen molar-refractivity contribution in [2.75, 3.05) is 38.6 Å². The number of aromatic nitrogens is 2. The van der Waals surface area contributed by atoms with Crippen LogP contribution in [-0.4, -0.2) is 54.5 Å². The van der Waals surface area contributed by atoms with Gasteiger partial charge in [0.05, 0.1) is 18.2 Å². The molecule has 0 saturated carbocycles. The van der Waals surface area contributed by atoms with Gasteiger partial charge in [-0.3, -0.25) is 9.78 Å². The molecule has 0 bridgehead atoms. The van der Waals surface area contributed by atoms with Gasteiger partial charge >= 0.3 is 0 Å². The summed E-state index contributed by atoms with van der Waals surface area (Å²) in [5.41, 5.74) is 2.56. The van der Waals surface area contributed by atoms with Gasteiger partial charge in [0, 0.05) is 32.0 Å². The number of hydrogen-bond acceptors (Lipinski definition) is 5. The first-order valence-corrected chi connectivity index (χ1v) is 10.1. The molecule has 1 amide bonds. The van der Waals surface area contributed by atoms with Gasteiger partial charge in [-0.15, -0.1) is 0 Å². The van der Waals surface area contributed by atoms with Gasteiger partial charge < -0.3 is 15.1 Å². The summed E-state index contributed by atoms with van der Waals surface area (Å²) in [5.74, 6) is 0.967. The van der Waals surface area contributed by atoms with Crippen molar-refractivity contribution in [3.63, 3.8) is 0 Å². The van der Waals surface area contributed by atoms with Crippen LogP contribution in [-0.2, 0) is 11.2 Å². The van der Waals surface area contributed by atoms with Gasteiger partial charge in [0.25, 0.3) is 0 Å². The Morgan fingerprint density at radius 3 is 2.71 bits per heavy atom. The monoisotopic (exact) mass is 381 g/mol. The second-order valence-corrected chi connectivity index (χ2v) is 7.67. The number of carbonyl (C=O) groups is 1. The molecule has 2 aromatic rings. The molecule has 2 atom stereocenters. The normalized spacial score (nSPS) is 18.1. The third kappa shape index (κ3) is 5.07. The third-order valence-corrected chi connectivity index (χ3v) is 5.53. The fourth-order valence-corrected chi connectivity index (χ4v) is 3.77. The quantitative estimate of drug-likeness (QED) is 0.799. The summed E-state index contributed by atoms with van der Waals surface area (Å²) in [7, 11) is 4.11. The van der Waals surface area contributed by atoms with Crippen LogP contribution in [0.1, 0.15) is 36.9 Å². The lowest BCUT2D eigenvalue weighted by molar-refractivity contribution is -0.125. The molecule has 150 valence electrons. The molecule has 6 nitrogen and oxygen atoms in total. The Morgan fingerprint density at radius 2 is 2.07 bits per heavy atom. The minimum Gasteiger partial charge on any atom is -0.355 e. The maximum absolute atomic E-state index is 12.8. The van der Waals surface area contributed by atoms with Crippen molar-refractivity contribution in [1.29, 1.82) is 0 Å². The molecule has 1 aromatic heterocycles. The largest absolute Gasteiger partial charge is 0.355 e. The summed E-state index contributed by atoms with van der Waals surface area (Å²) in [6.07, 6.45) is 8.08. The molecule has 1 aromatic carbocycles. The van der Waals surface area contributed by atoms with Crippen molar-refractivity contribution in [3.05, 3.63) is 54.0 Å². The van der Waals surface area contributed by atoms with Crippen LogP contribution in [0.4, 0.5) is 5.82 Å². The molecular weight excluding hydrogens is 350 g/mol. The highest BCUT2D eigenvalue weighted by Gasteiger charge is 2.27. The number of nitrogens with one attached hydrogen (secondary N) is 1. The number of hydrogen-bond donors (Lipinski definition) is 1. The lowest BCUT2D eigenvalue weighted by Gasteiger charge is -2.33. The van der Waals surface area contributed by atoms with E-state index in [2.05, 4.69) is 70.4 Å². The predicted molar refractivity (Wildman–Crippen MR) is 112 cm³/mol. The van der Waals surface area contributed by atoms with E-state index in [0.29, 0.717) is 13.1 Å². The van der Waals surface area contributed by atoms with Crippen LogP contribution in [0.5, 0.6) is 0 Å². The molecule has 28 heavy (non-hydrogen) atoms. The van der Waals surface area contributed by atoms with E-state index in [-0.39, 0.29) is 17.9 Å². The van der Waals surface area contributed by atoms with Crippen LogP contribution in [0, 0.1) is 5.92 Å². The number of benzene rings is 1. The maximum atomic E-state index is 12.8. The molecular formula is C22H31N5O. The number of likely N-dealkylation sites (N-methyl/N-ethyl adjacent to an activating group) is 1. The summed E-state index contributed by atoms with van der Waals surface area (Å²) >= 11 is 0. The third-order valence-electron chi connectivity index (χ3n) is 5.53. The molecule has 1 saturated heterocycles. The number of piperidine rings is 1. The Bertz CT molecular complexity index is 747. The zero-order valence-electron chi connectivity index (χ0n) is 17.1. The highest BCUT2D eigenvalue weighted by Crippen LogP contribution is 2.22. The first-order valence-electron chi connectivity index (χ1n) is 10.1. The summed E-state index contributed by atoms with van der Waals surface area (Å²) in [6.45, 7) is 4.39.